The van der Waals surface area contributed by atoms with Crippen molar-refractivity contribution in [2.24, 2.45) is 0 Å². The van der Waals surface area contributed by atoms with Crippen molar-refractivity contribution in [3.8, 4) is 11.8 Å². The predicted molar refractivity (Wildman–Crippen MR) is 86.6 cm³/mol. The van der Waals surface area contributed by atoms with Crippen LogP contribution in [-0.2, 0) is 4.74 Å². The van der Waals surface area contributed by atoms with Crippen molar-refractivity contribution in [2.45, 2.75) is 0 Å². The number of nitrogens with two attached hydrogens (primary N) is 1. The van der Waals surface area contributed by atoms with Gasteiger partial charge in [-0.1, -0.05) is 11.6 Å². The van der Waals surface area contributed by atoms with Gasteiger partial charge in [0.2, 0.25) is 0 Å². The molecule has 0 bridgehead atoms. The van der Waals surface area contributed by atoms with E-state index < -0.39 is 5.97 Å². The molecular formula is C13H8Br2ClN3O2. The first-order valence-electron chi connectivity index (χ1n) is 5.54. The minimum absolute atomic E-state index is 0.0677. The average Bonchev–Trinajstić information content (AvgIpc) is 2.73. The molecule has 0 unspecified atom stereocenters. The van der Waals surface area contributed by atoms with Crippen molar-refractivity contribution < 1.29 is 9.53 Å². The summed E-state index contributed by atoms with van der Waals surface area (Å²) < 4.78 is 7.49. The Balaban J connectivity index is 2.82. The second kappa shape index (κ2) is 6.10. The standard InChI is InChI=1S/C13H8Br2ClN3O2/c1-21-13(20)12-10(18)6(4-17)5-19(12)11-8(14)2-7(16)3-9(11)15/h2-3,5H,18H2,1H3. The van der Waals surface area contributed by atoms with Gasteiger partial charge in [-0.3, -0.25) is 0 Å². The van der Waals surface area contributed by atoms with Crippen molar-refractivity contribution in [1.82, 2.24) is 4.57 Å². The molecular weight excluding hydrogens is 425 g/mol. The summed E-state index contributed by atoms with van der Waals surface area (Å²) in [5.41, 5.74) is 6.78. The first kappa shape index (κ1) is 15.9. The van der Waals surface area contributed by atoms with Gasteiger partial charge in [-0.15, -0.1) is 0 Å². The molecule has 0 saturated heterocycles. The number of benzene rings is 1. The number of nitriles is 1. The number of anilines is 1. The summed E-state index contributed by atoms with van der Waals surface area (Å²) in [7, 11) is 1.25. The van der Waals surface area contributed by atoms with E-state index in [9.17, 15) is 4.79 Å². The van der Waals surface area contributed by atoms with E-state index >= 15 is 0 Å². The SMILES string of the molecule is COC(=O)c1c(N)c(C#N)cn1-c1c(Br)cc(Cl)cc1Br. The number of nitrogens with zero attached hydrogens (tertiary/aromatic N) is 2. The van der Waals surface area contributed by atoms with Crippen LogP contribution in [0.4, 0.5) is 5.69 Å². The van der Waals surface area contributed by atoms with Crippen LogP contribution in [0.25, 0.3) is 5.69 Å². The number of aromatic nitrogens is 1. The molecule has 0 saturated carbocycles. The molecule has 1 aromatic heterocycles. The van der Waals surface area contributed by atoms with E-state index in [0.717, 1.165) is 0 Å². The highest BCUT2D eigenvalue weighted by atomic mass is 79.9. The summed E-state index contributed by atoms with van der Waals surface area (Å²) in [5.74, 6) is -0.636. The lowest BCUT2D eigenvalue weighted by Crippen LogP contribution is -2.11. The first-order valence-corrected chi connectivity index (χ1v) is 7.51. The molecule has 0 fully saturated rings. The van der Waals surface area contributed by atoms with Gasteiger partial charge in [-0.2, -0.15) is 5.26 Å². The lowest BCUT2D eigenvalue weighted by atomic mass is 10.2. The number of halogens is 3. The van der Waals surface area contributed by atoms with Gasteiger partial charge in [0.1, 0.15) is 6.07 Å². The zero-order chi connectivity index (χ0) is 15.7. The Morgan fingerprint density at radius 1 is 1.43 bits per heavy atom. The number of ether oxygens (including phenoxy) is 1. The number of carbonyl (C=O) groups is 1. The third-order valence-corrected chi connectivity index (χ3v) is 4.19. The lowest BCUT2D eigenvalue weighted by Gasteiger charge is -2.13. The minimum Gasteiger partial charge on any atom is -0.464 e. The van der Waals surface area contributed by atoms with E-state index in [4.69, 9.17) is 27.3 Å². The highest BCUT2D eigenvalue weighted by Crippen LogP contribution is 2.36. The summed E-state index contributed by atoms with van der Waals surface area (Å²) in [6, 6.07) is 5.29. The van der Waals surface area contributed by atoms with Gasteiger partial charge >= 0.3 is 5.97 Å². The number of rotatable bonds is 2. The lowest BCUT2D eigenvalue weighted by molar-refractivity contribution is 0.0593. The number of hydrogen-bond donors (Lipinski definition) is 1. The molecule has 1 heterocycles. The highest BCUT2D eigenvalue weighted by Gasteiger charge is 2.24. The number of hydrogen-bond acceptors (Lipinski definition) is 4. The molecule has 5 nitrogen and oxygen atoms in total. The van der Waals surface area contributed by atoms with Crippen LogP contribution in [0, 0.1) is 11.3 Å². The molecule has 2 rings (SSSR count). The van der Waals surface area contributed by atoms with E-state index in [0.29, 0.717) is 19.7 Å². The maximum Gasteiger partial charge on any atom is 0.357 e. The Bertz CT molecular complexity index is 757. The fourth-order valence-corrected chi connectivity index (χ4v) is 3.91. The third kappa shape index (κ3) is 2.79. The van der Waals surface area contributed by atoms with Gasteiger partial charge in [0.25, 0.3) is 0 Å². The molecule has 0 amide bonds. The predicted octanol–water partition coefficient (Wildman–Crippen LogP) is 3.90. The van der Waals surface area contributed by atoms with Crippen molar-refractivity contribution >= 4 is 55.1 Å². The molecule has 2 aromatic rings. The molecule has 108 valence electrons. The molecule has 0 aliphatic carbocycles. The number of carbonyl (C=O) groups excluding carboxylic acids is 1. The highest BCUT2D eigenvalue weighted by molar-refractivity contribution is 9.11. The smallest absolute Gasteiger partial charge is 0.357 e. The normalized spacial score (nSPS) is 10.2. The van der Waals surface area contributed by atoms with Gasteiger partial charge in [0.05, 0.1) is 24.0 Å². The van der Waals surface area contributed by atoms with Gasteiger partial charge in [-0.05, 0) is 44.0 Å². The molecule has 0 radical (unpaired) electrons. The van der Waals surface area contributed by atoms with Crippen LogP contribution in [0.3, 0.4) is 0 Å². The van der Waals surface area contributed by atoms with Crippen molar-refractivity contribution in [2.75, 3.05) is 12.8 Å². The molecule has 0 aliphatic rings. The molecule has 0 atom stereocenters. The summed E-state index contributed by atoms with van der Waals surface area (Å²) in [6.45, 7) is 0. The molecule has 21 heavy (non-hydrogen) atoms. The monoisotopic (exact) mass is 431 g/mol. The zero-order valence-electron chi connectivity index (χ0n) is 10.7. The number of methoxy groups -OCH3 is 1. The number of nitrogen functional groups attached to an aromatic ring is 1. The first-order chi connectivity index (χ1) is 9.90. The topological polar surface area (TPSA) is 81.0 Å². The molecule has 0 aliphatic heterocycles. The Morgan fingerprint density at radius 2 is 2.00 bits per heavy atom. The fourth-order valence-electron chi connectivity index (χ4n) is 1.86. The largest absolute Gasteiger partial charge is 0.464 e. The van der Waals surface area contributed by atoms with E-state index in [1.54, 1.807) is 12.1 Å². The maximum atomic E-state index is 12.0. The molecule has 2 N–H and O–H groups in total. The summed E-state index contributed by atoms with van der Waals surface area (Å²) >= 11 is 12.7. The van der Waals surface area contributed by atoms with E-state index in [1.807, 2.05) is 6.07 Å². The van der Waals surface area contributed by atoms with Crippen molar-refractivity contribution in [1.29, 1.82) is 5.26 Å². The van der Waals surface area contributed by atoms with Crippen molar-refractivity contribution in [3.63, 3.8) is 0 Å². The van der Waals surface area contributed by atoms with Gasteiger partial charge in [-0.25, -0.2) is 4.79 Å². The van der Waals surface area contributed by atoms with Gasteiger partial charge in [0, 0.05) is 20.2 Å². The second-order valence-electron chi connectivity index (χ2n) is 4.00. The number of esters is 1. The van der Waals surface area contributed by atoms with Crippen LogP contribution in [0.15, 0.2) is 27.3 Å². The maximum absolute atomic E-state index is 12.0. The Kier molecular flexibility index (Phi) is 4.61. The fraction of sp³-hybridized carbons (Fsp3) is 0.0769. The van der Waals surface area contributed by atoms with Crippen LogP contribution in [0.2, 0.25) is 5.02 Å². The second-order valence-corrected chi connectivity index (χ2v) is 6.14. The van der Waals surface area contributed by atoms with Crippen LogP contribution >= 0.6 is 43.5 Å². The van der Waals surface area contributed by atoms with Gasteiger partial charge < -0.3 is 15.0 Å². The third-order valence-electron chi connectivity index (χ3n) is 2.77. The molecule has 0 spiro atoms. The quantitative estimate of drug-likeness (QED) is 0.729. The summed E-state index contributed by atoms with van der Waals surface area (Å²) in [6.07, 6.45) is 1.47. The van der Waals surface area contributed by atoms with Crippen LogP contribution in [-0.4, -0.2) is 17.6 Å². The van der Waals surface area contributed by atoms with Gasteiger partial charge in [0.15, 0.2) is 5.69 Å². The van der Waals surface area contributed by atoms with E-state index in [2.05, 4.69) is 31.9 Å². The van der Waals surface area contributed by atoms with E-state index in [1.165, 1.54) is 17.9 Å². The molecule has 8 heteroatoms. The zero-order valence-corrected chi connectivity index (χ0v) is 14.6. The minimum atomic E-state index is -0.636. The van der Waals surface area contributed by atoms with Crippen LogP contribution < -0.4 is 5.73 Å². The summed E-state index contributed by atoms with van der Waals surface area (Å²) in [5, 5.41) is 9.61. The average molecular weight is 433 g/mol. The van der Waals surface area contributed by atoms with Crippen LogP contribution in [0.5, 0.6) is 0 Å². The summed E-state index contributed by atoms with van der Waals surface area (Å²) in [4.78, 5) is 12.0. The Labute approximate surface area is 142 Å². The Morgan fingerprint density at radius 3 is 2.48 bits per heavy atom. The van der Waals surface area contributed by atoms with Crippen molar-refractivity contribution in [3.05, 3.63) is 43.6 Å². The van der Waals surface area contributed by atoms with E-state index in [-0.39, 0.29) is 16.9 Å². The molecule has 1 aromatic carbocycles. The van der Waals surface area contributed by atoms with Crippen LogP contribution in [0.1, 0.15) is 16.1 Å². The Hall–Kier alpha value is -1.49.